The zero-order valence-corrected chi connectivity index (χ0v) is 17.0. The van der Waals surface area contributed by atoms with Crippen molar-refractivity contribution < 1.29 is 9.53 Å². The van der Waals surface area contributed by atoms with Crippen LogP contribution in [-0.2, 0) is 4.79 Å². The molecule has 6 nitrogen and oxygen atoms in total. The molecule has 0 aliphatic carbocycles. The Hall–Kier alpha value is -2.84. The van der Waals surface area contributed by atoms with E-state index in [0.717, 1.165) is 32.4 Å². The zero-order valence-electron chi connectivity index (χ0n) is 15.4. The van der Waals surface area contributed by atoms with Crippen molar-refractivity contribution in [3.05, 3.63) is 60.4 Å². The van der Waals surface area contributed by atoms with Crippen LogP contribution >= 0.6 is 23.1 Å². The highest BCUT2D eigenvalue weighted by Crippen LogP contribution is 2.29. The SMILES string of the molecule is COc1ccc2nc(NC(=O)CSc3nccn3-c3ccccc3C)sc2c1. The minimum Gasteiger partial charge on any atom is -0.497 e. The number of anilines is 1. The number of amides is 1. The Balaban J connectivity index is 1.43. The molecule has 0 saturated carbocycles. The first-order chi connectivity index (χ1) is 13.6. The number of rotatable bonds is 6. The van der Waals surface area contributed by atoms with Crippen LogP contribution in [0.5, 0.6) is 5.75 Å². The van der Waals surface area contributed by atoms with Crippen molar-refractivity contribution in [2.24, 2.45) is 0 Å². The number of fused-ring (bicyclic) bond motifs is 1. The fraction of sp³-hybridized carbons (Fsp3) is 0.150. The topological polar surface area (TPSA) is 69.0 Å². The highest BCUT2D eigenvalue weighted by atomic mass is 32.2. The number of imidazole rings is 1. The van der Waals surface area contributed by atoms with E-state index in [9.17, 15) is 4.79 Å². The number of nitrogens with zero attached hydrogens (tertiary/aromatic N) is 3. The van der Waals surface area contributed by atoms with E-state index in [1.54, 1.807) is 13.3 Å². The van der Waals surface area contributed by atoms with Gasteiger partial charge in [0.2, 0.25) is 5.91 Å². The van der Waals surface area contributed by atoms with Crippen LogP contribution in [0, 0.1) is 6.92 Å². The van der Waals surface area contributed by atoms with Crippen LogP contribution in [0.2, 0.25) is 0 Å². The van der Waals surface area contributed by atoms with E-state index in [1.165, 1.54) is 23.1 Å². The third-order valence-electron chi connectivity index (χ3n) is 4.16. The van der Waals surface area contributed by atoms with Crippen molar-refractivity contribution in [3.8, 4) is 11.4 Å². The quantitative estimate of drug-likeness (QED) is 0.473. The molecule has 142 valence electrons. The summed E-state index contributed by atoms with van der Waals surface area (Å²) in [5.41, 5.74) is 3.04. The van der Waals surface area contributed by atoms with E-state index in [0.29, 0.717) is 5.13 Å². The Kier molecular flexibility index (Phi) is 5.31. The molecule has 1 N–H and O–H groups in total. The summed E-state index contributed by atoms with van der Waals surface area (Å²) in [4.78, 5) is 21.2. The maximum absolute atomic E-state index is 12.4. The highest BCUT2D eigenvalue weighted by Gasteiger charge is 2.12. The fourth-order valence-corrected chi connectivity index (χ4v) is 4.46. The van der Waals surface area contributed by atoms with Gasteiger partial charge in [-0.3, -0.25) is 9.36 Å². The predicted molar refractivity (Wildman–Crippen MR) is 114 cm³/mol. The minimum atomic E-state index is -0.115. The number of hydrogen-bond donors (Lipinski definition) is 1. The van der Waals surface area contributed by atoms with E-state index in [-0.39, 0.29) is 11.7 Å². The van der Waals surface area contributed by atoms with Crippen LogP contribution in [0.3, 0.4) is 0 Å². The first-order valence-electron chi connectivity index (χ1n) is 8.60. The molecule has 2 heterocycles. The Morgan fingerprint density at radius 3 is 2.96 bits per heavy atom. The summed E-state index contributed by atoms with van der Waals surface area (Å²) in [6, 6.07) is 13.7. The van der Waals surface area contributed by atoms with Crippen LogP contribution in [0.25, 0.3) is 15.9 Å². The first kappa shape index (κ1) is 18.5. The second-order valence-electron chi connectivity index (χ2n) is 6.06. The molecule has 0 bridgehead atoms. The number of aryl methyl sites for hydroxylation is 1. The molecule has 4 aromatic rings. The molecule has 2 aromatic heterocycles. The maximum Gasteiger partial charge on any atom is 0.236 e. The van der Waals surface area contributed by atoms with Gasteiger partial charge in [-0.05, 0) is 36.8 Å². The van der Waals surface area contributed by atoms with Gasteiger partial charge in [0.25, 0.3) is 0 Å². The third-order valence-corrected chi connectivity index (χ3v) is 6.06. The van der Waals surface area contributed by atoms with Crippen molar-refractivity contribution in [2.75, 3.05) is 18.2 Å². The number of nitrogens with one attached hydrogen (secondary N) is 1. The molecule has 4 rings (SSSR count). The van der Waals surface area contributed by atoms with E-state index < -0.39 is 0 Å². The molecule has 2 aromatic carbocycles. The normalized spacial score (nSPS) is 10.9. The number of hydrogen-bond acceptors (Lipinski definition) is 6. The highest BCUT2D eigenvalue weighted by molar-refractivity contribution is 7.99. The number of carbonyl (C=O) groups is 1. The number of methoxy groups -OCH3 is 1. The molecule has 0 saturated heterocycles. The van der Waals surface area contributed by atoms with E-state index >= 15 is 0 Å². The van der Waals surface area contributed by atoms with E-state index in [4.69, 9.17) is 4.74 Å². The molecular weight excluding hydrogens is 392 g/mol. The number of para-hydroxylation sites is 1. The lowest BCUT2D eigenvalue weighted by Crippen LogP contribution is -2.14. The molecule has 0 radical (unpaired) electrons. The maximum atomic E-state index is 12.4. The van der Waals surface area contributed by atoms with Gasteiger partial charge >= 0.3 is 0 Å². The van der Waals surface area contributed by atoms with Gasteiger partial charge in [-0.15, -0.1) is 0 Å². The average molecular weight is 411 g/mol. The Morgan fingerprint density at radius 2 is 2.14 bits per heavy atom. The molecule has 1 amide bonds. The van der Waals surface area contributed by atoms with Gasteiger partial charge in [0.1, 0.15) is 5.75 Å². The molecule has 8 heteroatoms. The van der Waals surface area contributed by atoms with Gasteiger partial charge in [0, 0.05) is 12.4 Å². The summed E-state index contributed by atoms with van der Waals surface area (Å²) in [5.74, 6) is 0.908. The Bertz CT molecular complexity index is 1140. The Labute approximate surface area is 170 Å². The van der Waals surface area contributed by atoms with E-state index in [1.807, 2.05) is 47.2 Å². The summed E-state index contributed by atoms with van der Waals surface area (Å²) in [6.07, 6.45) is 3.65. The van der Waals surface area contributed by atoms with Crippen LogP contribution in [-0.4, -0.2) is 33.3 Å². The van der Waals surface area contributed by atoms with Crippen molar-refractivity contribution in [1.82, 2.24) is 14.5 Å². The van der Waals surface area contributed by atoms with Gasteiger partial charge in [-0.1, -0.05) is 41.3 Å². The lowest BCUT2D eigenvalue weighted by atomic mass is 10.2. The standard InChI is InChI=1S/C20H18N4O2S2/c1-13-5-3-4-6-16(13)24-10-9-21-20(24)27-12-18(25)23-19-22-15-8-7-14(26-2)11-17(15)28-19/h3-11H,12H2,1-2H3,(H,22,23,25). The van der Waals surface area contributed by atoms with Gasteiger partial charge in [0.15, 0.2) is 10.3 Å². The van der Waals surface area contributed by atoms with Crippen molar-refractivity contribution >= 4 is 44.4 Å². The predicted octanol–water partition coefficient (Wildman–Crippen LogP) is 4.53. The molecule has 0 aliphatic heterocycles. The monoisotopic (exact) mass is 410 g/mol. The number of benzene rings is 2. The van der Waals surface area contributed by atoms with E-state index in [2.05, 4.69) is 28.3 Å². The summed E-state index contributed by atoms with van der Waals surface area (Å²) in [7, 11) is 1.63. The largest absolute Gasteiger partial charge is 0.497 e. The fourth-order valence-electron chi connectivity index (χ4n) is 2.78. The molecule has 0 unspecified atom stereocenters. The Morgan fingerprint density at radius 1 is 1.29 bits per heavy atom. The minimum absolute atomic E-state index is 0.115. The van der Waals surface area contributed by atoms with Gasteiger partial charge in [-0.2, -0.15) is 0 Å². The lowest BCUT2D eigenvalue weighted by molar-refractivity contribution is -0.113. The number of aromatic nitrogens is 3. The molecule has 0 aliphatic rings. The summed E-state index contributed by atoms with van der Waals surface area (Å²) < 4.78 is 8.19. The molecule has 0 spiro atoms. The van der Waals surface area contributed by atoms with Gasteiger partial charge in [0.05, 0.1) is 28.8 Å². The first-order valence-corrected chi connectivity index (χ1v) is 10.4. The van der Waals surface area contributed by atoms with Crippen LogP contribution in [0.15, 0.2) is 60.0 Å². The second kappa shape index (κ2) is 8.04. The van der Waals surface area contributed by atoms with Gasteiger partial charge < -0.3 is 10.1 Å². The van der Waals surface area contributed by atoms with Crippen molar-refractivity contribution in [3.63, 3.8) is 0 Å². The second-order valence-corrected chi connectivity index (χ2v) is 8.03. The van der Waals surface area contributed by atoms with Crippen LogP contribution in [0.4, 0.5) is 5.13 Å². The number of ether oxygens (including phenoxy) is 1. The third kappa shape index (κ3) is 3.88. The molecule has 28 heavy (non-hydrogen) atoms. The van der Waals surface area contributed by atoms with Crippen molar-refractivity contribution in [2.45, 2.75) is 12.1 Å². The average Bonchev–Trinajstić information content (AvgIpc) is 3.32. The van der Waals surface area contributed by atoms with Crippen molar-refractivity contribution in [1.29, 1.82) is 0 Å². The smallest absolute Gasteiger partial charge is 0.236 e. The molecular formula is C20H18N4O2S2. The number of thiazole rings is 1. The lowest BCUT2D eigenvalue weighted by Gasteiger charge is -2.10. The van der Waals surface area contributed by atoms with Gasteiger partial charge in [-0.25, -0.2) is 9.97 Å². The summed E-state index contributed by atoms with van der Waals surface area (Å²) in [6.45, 7) is 2.05. The summed E-state index contributed by atoms with van der Waals surface area (Å²) >= 11 is 2.82. The number of thioether (sulfide) groups is 1. The number of carbonyl (C=O) groups excluding carboxylic acids is 1. The van der Waals surface area contributed by atoms with Crippen LogP contribution < -0.4 is 10.1 Å². The zero-order chi connectivity index (χ0) is 19.5. The summed E-state index contributed by atoms with van der Waals surface area (Å²) in [5, 5.41) is 4.23. The van der Waals surface area contributed by atoms with Crippen LogP contribution in [0.1, 0.15) is 5.56 Å². The molecule has 0 atom stereocenters. The molecule has 0 fully saturated rings.